The molecule has 1 unspecified atom stereocenters. The van der Waals surface area contributed by atoms with Gasteiger partial charge in [-0.3, -0.25) is 23.6 Å². The van der Waals surface area contributed by atoms with Gasteiger partial charge in [0, 0.05) is 34.9 Å². The Morgan fingerprint density at radius 3 is 2.47 bits per heavy atom. The highest BCUT2D eigenvalue weighted by atomic mass is 33.1. The van der Waals surface area contributed by atoms with E-state index in [0.29, 0.717) is 11.7 Å². The van der Waals surface area contributed by atoms with Crippen molar-refractivity contribution in [3.63, 3.8) is 0 Å². The van der Waals surface area contributed by atoms with E-state index in [2.05, 4.69) is 19.7 Å². The Kier molecular flexibility index (Phi) is 10.3. The van der Waals surface area contributed by atoms with E-state index in [-0.39, 0.29) is 34.3 Å². The molecule has 1 heterocycles. The Hall–Kier alpha value is -3.29. The van der Waals surface area contributed by atoms with Crippen molar-refractivity contribution >= 4 is 81.3 Å². The van der Waals surface area contributed by atoms with Crippen LogP contribution < -0.4 is 5.32 Å². The van der Waals surface area contributed by atoms with Gasteiger partial charge in [-0.2, -0.15) is 21.9 Å². The molecule has 0 radical (unpaired) electrons. The molecule has 43 heavy (non-hydrogen) atoms. The summed E-state index contributed by atoms with van der Waals surface area (Å²) in [6, 6.07) is 7.65. The molecule has 3 aromatic rings. The standard InChI is InChI=1S/C25H26N4O10S4/c1-39-43(37,38)19-12-15-13-21(42(34,35)36)24(28-27-16-6-8-17(9-7-16)29(32)33)25(31)23(15)20(14-19)26-22(30)5-3-2-4-18-10-11-40-41-18/h6-9,12-14,18,31H,2-5,10-11H2,1H3,(H,26,30)(H,34,35,36). The molecule has 18 heteroatoms. The van der Waals surface area contributed by atoms with E-state index in [4.69, 9.17) is 0 Å². The number of anilines is 1. The van der Waals surface area contributed by atoms with Gasteiger partial charge in [-0.25, -0.2) is 0 Å². The van der Waals surface area contributed by atoms with Crippen molar-refractivity contribution in [2.45, 2.75) is 47.1 Å². The van der Waals surface area contributed by atoms with Crippen molar-refractivity contribution in [2.75, 3.05) is 18.2 Å². The number of carbonyl (C=O) groups is 1. The molecule has 1 aliphatic rings. The van der Waals surface area contributed by atoms with Crippen LogP contribution in [0.15, 0.2) is 62.5 Å². The van der Waals surface area contributed by atoms with Gasteiger partial charge in [-0.15, -0.1) is 5.11 Å². The molecule has 1 saturated heterocycles. The van der Waals surface area contributed by atoms with E-state index >= 15 is 0 Å². The number of azo groups is 1. The van der Waals surface area contributed by atoms with Crippen LogP contribution >= 0.6 is 21.6 Å². The number of aromatic hydroxyl groups is 1. The molecule has 230 valence electrons. The van der Waals surface area contributed by atoms with Gasteiger partial charge in [-0.05, 0) is 55.0 Å². The fraction of sp³-hybridized carbons (Fsp3) is 0.320. The van der Waals surface area contributed by atoms with Crippen LogP contribution in [0.25, 0.3) is 10.8 Å². The molecule has 3 aromatic carbocycles. The van der Waals surface area contributed by atoms with Crippen LogP contribution in [0.5, 0.6) is 5.75 Å². The van der Waals surface area contributed by atoms with Crippen LogP contribution in [0.1, 0.15) is 32.1 Å². The summed E-state index contributed by atoms with van der Waals surface area (Å²) < 4.78 is 64.1. The lowest BCUT2D eigenvalue weighted by atomic mass is 10.1. The smallest absolute Gasteiger partial charge is 0.296 e. The topological polar surface area (TPSA) is 215 Å². The molecule has 1 aliphatic heterocycles. The zero-order valence-electron chi connectivity index (χ0n) is 22.5. The molecule has 0 spiro atoms. The number of nitrogens with zero attached hydrogens (tertiary/aromatic N) is 3. The zero-order chi connectivity index (χ0) is 31.4. The lowest BCUT2D eigenvalue weighted by Crippen LogP contribution is -2.13. The van der Waals surface area contributed by atoms with Crippen molar-refractivity contribution in [1.82, 2.24) is 0 Å². The number of carbonyl (C=O) groups excluding carboxylic acids is 1. The van der Waals surface area contributed by atoms with Crippen molar-refractivity contribution in [3.05, 3.63) is 52.6 Å². The summed E-state index contributed by atoms with van der Waals surface area (Å²) in [5.41, 5.74) is -1.06. The van der Waals surface area contributed by atoms with E-state index in [1.807, 2.05) is 21.6 Å². The van der Waals surface area contributed by atoms with E-state index in [9.17, 15) is 41.4 Å². The average molecular weight is 671 g/mol. The van der Waals surface area contributed by atoms with E-state index < -0.39 is 52.3 Å². The van der Waals surface area contributed by atoms with Crippen LogP contribution in [0, 0.1) is 10.1 Å². The van der Waals surface area contributed by atoms with Crippen LogP contribution in [0.4, 0.5) is 22.7 Å². The van der Waals surface area contributed by atoms with Gasteiger partial charge in [0.15, 0.2) is 5.75 Å². The number of unbranched alkanes of at least 4 members (excludes halogenated alkanes) is 1. The van der Waals surface area contributed by atoms with Crippen molar-refractivity contribution < 1.29 is 40.4 Å². The highest BCUT2D eigenvalue weighted by molar-refractivity contribution is 8.77. The number of non-ortho nitro benzene ring substituents is 1. The number of phenols is 1. The first-order valence-corrected chi connectivity index (χ1v) is 17.9. The van der Waals surface area contributed by atoms with Gasteiger partial charge < -0.3 is 10.4 Å². The maximum atomic E-state index is 12.9. The van der Waals surface area contributed by atoms with Crippen LogP contribution in [-0.2, 0) is 29.2 Å². The molecule has 0 aromatic heterocycles. The third kappa shape index (κ3) is 8.01. The largest absolute Gasteiger partial charge is 0.505 e. The highest BCUT2D eigenvalue weighted by Gasteiger charge is 2.26. The molecule has 0 saturated carbocycles. The molecule has 1 amide bonds. The normalized spacial score (nSPS) is 15.7. The third-order valence-corrected chi connectivity index (χ3v) is 11.5. The van der Waals surface area contributed by atoms with Crippen molar-refractivity contribution in [1.29, 1.82) is 0 Å². The summed E-state index contributed by atoms with van der Waals surface area (Å²) in [6.45, 7) is 0. The van der Waals surface area contributed by atoms with Gasteiger partial charge >= 0.3 is 0 Å². The summed E-state index contributed by atoms with van der Waals surface area (Å²) in [7, 11) is -4.82. The fourth-order valence-corrected chi connectivity index (χ4v) is 8.69. The molecule has 3 N–H and O–H groups in total. The Labute approximate surface area is 254 Å². The minimum absolute atomic E-state index is 0.0519. The number of phenolic OH excluding ortho intramolecular Hbond substituents is 1. The number of nitro groups is 1. The van der Waals surface area contributed by atoms with Gasteiger partial charge in [0.05, 0.1) is 28.3 Å². The Balaban J connectivity index is 1.76. The monoisotopic (exact) mass is 670 g/mol. The second kappa shape index (κ2) is 13.6. The van der Waals surface area contributed by atoms with Gasteiger partial charge in [0.2, 0.25) is 5.91 Å². The third-order valence-electron chi connectivity index (χ3n) is 6.42. The summed E-state index contributed by atoms with van der Waals surface area (Å²) in [4.78, 5) is 21.8. The number of nitrogens with one attached hydrogen (secondary N) is 1. The number of hydrogen-bond acceptors (Lipinski definition) is 13. The summed E-state index contributed by atoms with van der Waals surface area (Å²) in [5.74, 6) is -0.209. The van der Waals surface area contributed by atoms with Crippen molar-refractivity contribution in [2.24, 2.45) is 10.2 Å². The predicted molar refractivity (Wildman–Crippen MR) is 162 cm³/mol. The molecular weight excluding hydrogens is 645 g/mol. The molecular formula is C25H26N4O10S4. The number of hydrogen-bond donors (Lipinski definition) is 3. The van der Waals surface area contributed by atoms with E-state index in [1.54, 1.807) is 0 Å². The van der Waals surface area contributed by atoms with E-state index in [0.717, 1.165) is 62.5 Å². The second-order valence-corrected chi connectivity index (χ2v) is 15.2. The van der Waals surface area contributed by atoms with Gasteiger partial charge in [-0.1, -0.05) is 28.0 Å². The maximum Gasteiger partial charge on any atom is 0.296 e. The van der Waals surface area contributed by atoms with Gasteiger partial charge in [0.25, 0.3) is 25.9 Å². The Morgan fingerprint density at radius 1 is 1.14 bits per heavy atom. The number of benzene rings is 3. The molecule has 4 rings (SSSR count). The minimum Gasteiger partial charge on any atom is -0.505 e. The van der Waals surface area contributed by atoms with Gasteiger partial charge in [0.1, 0.15) is 10.6 Å². The zero-order valence-corrected chi connectivity index (χ0v) is 25.8. The van der Waals surface area contributed by atoms with E-state index in [1.165, 1.54) is 12.1 Å². The Bertz CT molecular complexity index is 1790. The molecule has 14 nitrogen and oxygen atoms in total. The first-order valence-electron chi connectivity index (χ1n) is 12.7. The number of fused-ring (bicyclic) bond motifs is 1. The lowest BCUT2D eigenvalue weighted by Gasteiger charge is -2.15. The highest BCUT2D eigenvalue weighted by Crippen LogP contribution is 2.45. The molecule has 0 bridgehead atoms. The van der Waals surface area contributed by atoms with Crippen LogP contribution in [0.3, 0.4) is 0 Å². The summed E-state index contributed by atoms with van der Waals surface area (Å²) in [5, 5.41) is 32.5. The number of nitro benzene ring substituents is 1. The predicted octanol–water partition coefficient (Wildman–Crippen LogP) is 6.10. The molecule has 1 atom stereocenters. The maximum absolute atomic E-state index is 12.9. The molecule has 0 aliphatic carbocycles. The SMILES string of the molecule is COS(=O)(=O)c1cc(NC(=O)CCCCC2CCSS2)c2c(O)c(N=Nc3ccc([N+](=O)[O-])cc3)c(S(=O)(=O)O)cc2c1. The summed E-state index contributed by atoms with van der Waals surface area (Å²) in [6.07, 6.45) is 3.54. The van der Waals surface area contributed by atoms with Crippen LogP contribution in [-0.4, -0.2) is 55.4 Å². The minimum atomic E-state index is -5.06. The average Bonchev–Trinajstić information content (AvgIpc) is 3.48. The number of rotatable bonds is 12. The first-order chi connectivity index (χ1) is 20.3. The Morgan fingerprint density at radius 2 is 1.86 bits per heavy atom. The second-order valence-electron chi connectivity index (χ2n) is 9.33. The first kappa shape index (κ1) is 32.6. The lowest BCUT2D eigenvalue weighted by molar-refractivity contribution is -0.384. The summed E-state index contributed by atoms with van der Waals surface area (Å²) >= 11 is 0. The quantitative estimate of drug-likeness (QED) is 0.0379. The fourth-order valence-electron chi connectivity index (χ4n) is 4.28. The van der Waals surface area contributed by atoms with Crippen LogP contribution in [0.2, 0.25) is 0 Å². The molecule has 1 fully saturated rings. The van der Waals surface area contributed by atoms with Crippen molar-refractivity contribution in [3.8, 4) is 5.75 Å². The number of amides is 1.